The molecule has 116 valence electrons. The predicted octanol–water partition coefficient (Wildman–Crippen LogP) is 3.02. The van der Waals surface area contributed by atoms with Gasteiger partial charge in [0.05, 0.1) is 17.0 Å². The van der Waals surface area contributed by atoms with E-state index < -0.39 is 16.0 Å². The van der Waals surface area contributed by atoms with Gasteiger partial charge >= 0.3 is 5.97 Å². The number of hydrogen-bond acceptors (Lipinski definition) is 3. The standard InChI is InChI=1S/C15H21NO4S/c1-11-10-13(15(17)18)6-7-14(11)16-21(19,20)9-8-12-4-2-3-5-12/h6-7,10,12,16H,2-5,8-9H2,1H3,(H,17,18). The summed E-state index contributed by atoms with van der Waals surface area (Å²) < 4.78 is 26.8. The molecular formula is C15H21NO4S. The van der Waals surface area contributed by atoms with Crippen LogP contribution in [0.4, 0.5) is 5.69 Å². The number of carboxylic acid groups (broad SMARTS) is 1. The molecule has 0 spiro atoms. The number of sulfonamides is 1. The third-order valence-electron chi connectivity index (χ3n) is 4.01. The molecule has 0 bridgehead atoms. The van der Waals surface area contributed by atoms with E-state index in [1.165, 1.54) is 31.0 Å². The zero-order chi connectivity index (χ0) is 15.5. The molecule has 1 aliphatic carbocycles. The van der Waals surface area contributed by atoms with Gasteiger partial charge in [0, 0.05) is 0 Å². The van der Waals surface area contributed by atoms with Crippen LogP contribution in [-0.4, -0.2) is 25.2 Å². The first-order valence-electron chi connectivity index (χ1n) is 7.22. The van der Waals surface area contributed by atoms with Crippen LogP contribution < -0.4 is 4.72 Å². The van der Waals surface area contributed by atoms with E-state index in [-0.39, 0.29) is 11.3 Å². The van der Waals surface area contributed by atoms with Crippen molar-refractivity contribution in [2.75, 3.05) is 10.5 Å². The van der Waals surface area contributed by atoms with Gasteiger partial charge < -0.3 is 5.11 Å². The summed E-state index contributed by atoms with van der Waals surface area (Å²) in [7, 11) is -3.38. The number of hydrogen-bond donors (Lipinski definition) is 2. The van der Waals surface area contributed by atoms with Crippen LogP contribution in [0.15, 0.2) is 18.2 Å². The van der Waals surface area contributed by atoms with Gasteiger partial charge in [-0.05, 0) is 43.0 Å². The van der Waals surface area contributed by atoms with E-state index in [1.807, 2.05) is 0 Å². The molecule has 0 atom stereocenters. The van der Waals surface area contributed by atoms with Gasteiger partial charge in [0.25, 0.3) is 0 Å². The van der Waals surface area contributed by atoms with Crippen LogP contribution in [0.2, 0.25) is 0 Å². The second-order valence-corrected chi connectivity index (χ2v) is 7.54. The fraction of sp³-hybridized carbons (Fsp3) is 0.533. The Hall–Kier alpha value is -1.56. The van der Waals surface area contributed by atoms with Crippen LogP contribution in [0.5, 0.6) is 0 Å². The van der Waals surface area contributed by atoms with Crippen molar-refractivity contribution >= 4 is 21.7 Å². The van der Waals surface area contributed by atoms with Gasteiger partial charge in [0.2, 0.25) is 10.0 Å². The molecule has 0 aromatic heterocycles. The van der Waals surface area contributed by atoms with Crippen molar-refractivity contribution in [1.82, 2.24) is 0 Å². The van der Waals surface area contributed by atoms with Crippen molar-refractivity contribution in [3.8, 4) is 0 Å². The van der Waals surface area contributed by atoms with E-state index in [1.54, 1.807) is 6.92 Å². The first-order chi connectivity index (χ1) is 9.87. The second kappa shape index (κ2) is 6.47. The Kier molecular flexibility index (Phi) is 4.88. The number of carbonyl (C=O) groups is 1. The number of aryl methyl sites for hydroxylation is 1. The minimum atomic E-state index is -3.38. The monoisotopic (exact) mass is 311 g/mol. The SMILES string of the molecule is Cc1cc(C(=O)O)ccc1NS(=O)(=O)CCC1CCCC1. The number of benzene rings is 1. The molecule has 0 radical (unpaired) electrons. The maximum atomic E-state index is 12.1. The summed E-state index contributed by atoms with van der Waals surface area (Å²) >= 11 is 0. The summed E-state index contributed by atoms with van der Waals surface area (Å²) in [5.41, 5.74) is 1.21. The fourth-order valence-electron chi connectivity index (χ4n) is 2.75. The summed E-state index contributed by atoms with van der Waals surface area (Å²) in [6.07, 6.45) is 5.35. The molecule has 21 heavy (non-hydrogen) atoms. The highest BCUT2D eigenvalue weighted by molar-refractivity contribution is 7.92. The van der Waals surface area contributed by atoms with Crippen molar-refractivity contribution in [3.63, 3.8) is 0 Å². The van der Waals surface area contributed by atoms with Crippen molar-refractivity contribution in [2.45, 2.75) is 39.0 Å². The van der Waals surface area contributed by atoms with Gasteiger partial charge in [-0.2, -0.15) is 0 Å². The molecule has 1 aliphatic rings. The number of anilines is 1. The quantitative estimate of drug-likeness (QED) is 0.846. The number of carboxylic acids is 1. The lowest BCUT2D eigenvalue weighted by Crippen LogP contribution is -2.19. The summed E-state index contributed by atoms with van der Waals surface area (Å²) in [6.45, 7) is 1.70. The Morgan fingerprint density at radius 1 is 1.33 bits per heavy atom. The molecule has 1 aromatic rings. The van der Waals surface area contributed by atoms with Crippen LogP contribution in [0.1, 0.15) is 48.0 Å². The van der Waals surface area contributed by atoms with Crippen LogP contribution >= 0.6 is 0 Å². The number of aromatic carboxylic acids is 1. The Morgan fingerprint density at radius 2 is 2.00 bits per heavy atom. The lowest BCUT2D eigenvalue weighted by Gasteiger charge is -2.13. The molecule has 0 unspecified atom stereocenters. The van der Waals surface area contributed by atoms with Gasteiger partial charge in [-0.15, -0.1) is 0 Å². The molecular weight excluding hydrogens is 290 g/mol. The lowest BCUT2D eigenvalue weighted by atomic mass is 10.1. The Balaban J connectivity index is 2.00. The highest BCUT2D eigenvalue weighted by Crippen LogP contribution is 2.28. The molecule has 1 fully saturated rings. The molecule has 0 amide bonds. The fourth-order valence-corrected chi connectivity index (χ4v) is 4.06. The van der Waals surface area contributed by atoms with E-state index in [0.717, 1.165) is 12.8 Å². The molecule has 1 saturated carbocycles. The highest BCUT2D eigenvalue weighted by Gasteiger charge is 2.19. The van der Waals surface area contributed by atoms with Gasteiger partial charge in [0.15, 0.2) is 0 Å². The average molecular weight is 311 g/mol. The average Bonchev–Trinajstić information content (AvgIpc) is 2.92. The third-order valence-corrected chi connectivity index (χ3v) is 5.31. The molecule has 6 heteroatoms. The summed E-state index contributed by atoms with van der Waals surface area (Å²) in [5.74, 6) is -0.372. The van der Waals surface area contributed by atoms with Gasteiger partial charge in [-0.25, -0.2) is 13.2 Å². The Labute approximate surface area is 125 Å². The van der Waals surface area contributed by atoms with Gasteiger partial charge in [-0.1, -0.05) is 25.7 Å². The third kappa shape index (κ3) is 4.46. The van der Waals surface area contributed by atoms with E-state index in [9.17, 15) is 13.2 Å². The maximum absolute atomic E-state index is 12.1. The van der Waals surface area contributed by atoms with E-state index in [4.69, 9.17) is 5.11 Å². The predicted molar refractivity (Wildman–Crippen MR) is 82.1 cm³/mol. The number of rotatable bonds is 6. The minimum absolute atomic E-state index is 0.123. The van der Waals surface area contributed by atoms with Crippen molar-refractivity contribution in [1.29, 1.82) is 0 Å². The summed E-state index contributed by atoms with van der Waals surface area (Å²) in [4.78, 5) is 10.9. The largest absolute Gasteiger partial charge is 0.478 e. The maximum Gasteiger partial charge on any atom is 0.335 e. The summed E-state index contributed by atoms with van der Waals surface area (Å²) in [5, 5.41) is 8.90. The van der Waals surface area contributed by atoms with Crippen molar-refractivity contribution in [3.05, 3.63) is 29.3 Å². The van der Waals surface area contributed by atoms with Crippen LogP contribution in [0.3, 0.4) is 0 Å². The smallest absolute Gasteiger partial charge is 0.335 e. The van der Waals surface area contributed by atoms with Crippen LogP contribution in [0.25, 0.3) is 0 Å². The molecule has 2 N–H and O–H groups in total. The first-order valence-corrected chi connectivity index (χ1v) is 8.87. The molecule has 0 heterocycles. The highest BCUT2D eigenvalue weighted by atomic mass is 32.2. The number of nitrogens with one attached hydrogen (secondary N) is 1. The Bertz CT molecular complexity index is 619. The minimum Gasteiger partial charge on any atom is -0.478 e. The summed E-state index contributed by atoms with van der Waals surface area (Å²) in [6, 6.07) is 4.38. The first kappa shape index (κ1) is 15.8. The second-order valence-electron chi connectivity index (χ2n) is 5.69. The van der Waals surface area contributed by atoms with E-state index in [0.29, 0.717) is 23.6 Å². The normalized spacial score (nSPS) is 16.0. The molecule has 1 aromatic carbocycles. The topological polar surface area (TPSA) is 83.5 Å². The van der Waals surface area contributed by atoms with E-state index >= 15 is 0 Å². The van der Waals surface area contributed by atoms with E-state index in [2.05, 4.69) is 4.72 Å². The van der Waals surface area contributed by atoms with Crippen molar-refractivity contribution < 1.29 is 18.3 Å². The lowest BCUT2D eigenvalue weighted by molar-refractivity contribution is 0.0697. The Morgan fingerprint density at radius 3 is 2.57 bits per heavy atom. The van der Waals surface area contributed by atoms with Gasteiger partial charge in [-0.3, -0.25) is 4.72 Å². The van der Waals surface area contributed by atoms with Crippen LogP contribution in [0, 0.1) is 12.8 Å². The van der Waals surface area contributed by atoms with Crippen LogP contribution in [-0.2, 0) is 10.0 Å². The molecule has 5 nitrogen and oxygen atoms in total. The zero-order valence-corrected chi connectivity index (χ0v) is 12.9. The molecule has 2 rings (SSSR count). The van der Waals surface area contributed by atoms with Gasteiger partial charge in [0.1, 0.15) is 0 Å². The molecule has 0 aliphatic heterocycles. The van der Waals surface area contributed by atoms with Crippen molar-refractivity contribution in [2.24, 2.45) is 5.92 Å². The molecule has 0 saturated heterocycles. The zero-order valence-electron chi connectivity index (χ0n) is 12.1.